The van der Waals surface area contributed by atoms with Crippen LogP contribution in [-0.2, 0) is 42.2 Å². The Labute approximate surface area is 427 Å². The molecule has 0 aromatic carbocycles. The molecule has 70 heavy (non-hydrogen) atoms. The van der Waals surface area contributed by atoms with Gasteiger partial charge in [-0.15, -0.1) is 0 Å². The third-order valence-corrected chi connectivity index (χ3v) is 12.9. The molecule has 0 aliphatic heterocycles. The zero-order valence-electron chi connectivity index (χ0n) is 44.7. The minimum absolute atomic E-state index is 0.163. The van der Waals surface area contributed by atoms with E-state index >= 15 is 0 Å². The molecular formula is C58H103O11P. The van der Waals surface area contributed by atoms with Gasteiger partial charge >= 0.3 is 25.7 Å². The van der Waals surface area contributed by atoms with Gasteiger partial charge in [0.2, 0.25) is 0 Å². The fraction of sp³-hybridized carbons (Fsp3) is 0.776. The lowest BCUT2D eigenvalue weighted by atomic mass is 10.0. The van der Waals surface area contributed by atoms with E-state index < -0.39 is 57.8 Å². The number of aliphatic hydroxyl groups is 1. The number of allylic oxidation sites excluding steroid dienone is 10. The SMILES string of the molecule is CC/C=C\C/C=C\C/C=C\C/C=C\C/C=C\CCCCCC(=O)OCC(COP(=O)(O)OCC(CO)OC(=O)CCCCCCCCCCC)OC(=O)CCCCCCCCCCCCCCCCC. The van der Waals surface area contributed by atoms with Crippen LogP contribution in [0, 0.1) is 0 Å². The number of phosphoric acid groups is 1. The van der Waals surface area contributed by atoms with E-state index in [4.69, 9.17) is 23.3 Å². The maximum absolute atomic E-state index is 12.9. The number of unbranched alkanes of at least 4 members (excludes halogenated alkanes) is 25. The molecule has 0 rings (SSSR count). The van der Waals surface area contributed by atoms with E-state index in [0.717, 1.165) is 89.9 Å². The van der Waals surface area contributed by atoms with Crippen LogP contribution >= 0.6 is 7.82 Å². The fourth-order valence-electron chi connectivity index (χ4n) is 7.68. The second kappa shape index (κ2) is 52.5. The summed E-state index contributed by atoms with van der Waals surface area (Å²) in [7, 11) is -4.75. The predicted octanol–water partition coefficient (Wildman–Crippen LogP) is 16.4. The summed E-state index contributed by atoms with van der Waals surface area (Å²) in [5.41, 5.74) is 0. The molecule has 0 heterocycles. The number of carbonyl (C=O) groups is 3. The summed E-state index contributed by atoms with van der Waals surface area (Å²) < 4.78 is 39.4. The molecule has 0 bridgehead atoms. The Kier molecular flexibility index (Phi) is 50.4. The van der Waals surface area contributed by atoms with E-state index in [0.29, 0.717) is 19.3 Å². The summed E-state index contributed by atoms with van der Waals surface area (Å²) in [6, 6.07) is 0. The van der Waals surface area contributed by atoms with Crippen LogP contribution in [0.25, 0.3) is 0 Å². The Morgan fingerprint density at radius 2 is 0.743 bits per heavy atom. The number of phosphoric ester groups is 1. The highest BCUT2D eigenvalue weighted by Crippen LogP contribution is 2.43. The van der Waals surface area contributed by atoms with Crippen LogP contribution in [0.3, 0.4) is 0 Å². The Bertz CT molecular complexity index is 1410. The lowest BCUT2D eigenvalue weighted by Crippen LogP contribution is -2.30. The number of aliphatic hydroxyl groups excluding tert-OH is 1. The molecule has 406 valence electrons. The number of hydrogen-bond donors (Lipinski definition) is 2. The maximum atomic E-state index is 12.9. The van der Waals surface area contributed by atoms with Gasteiger partial charge in [0.25, 0.3) is 0 Å². The van der Waals surface area contributed by atoms with Crippen molar-refractivity contribution in [2.75, 3.05) is 26.4 Å². The van der Waals surface area contributed by atoms with Crippen LogP contribution in [0.2, 0.25) is 0 Å². The topological polar surface area (TPSA) is 155 Å². The Hall–Kier alpha value is -2.82. The molecule has 0 aliphatic carbocycles. The van der Waals surface area contributed by atoms with Crippen molar-refractivity contribution in [1.82, 2.24) is 0 Å². The normalized spacial score (nSPS) is 13.8. The summed E-state index contributed by atoms with van der Waals surface area (Å²) in [5, 5.41) is 9.76. The van der Waals surface area contributed by atoms with Crippen LogP contribution in [0.4, 0.5) is 0 Å². The molecule has 0 saturated carbocycles. The molecule has 0 fully saturated rings. The average Bonchev–Trinajstić information content (AvgIpc) is 3.35. The summed E-state index contributed by atoms with van der Waals surface area (Å²) in [6.07, 6.45) is 56.2. The van der Waals surface area contributed by atoms with Crippen molar-refractivity contribution in [3.05, 3.63) is 60.8 Å². The van der Waals surface area contributed by atoms with Gasteiger partial charge in [-0.05, 0) is 64.2 Å². The van der Waals surface area contributed by atoms with Gasteiger partial charge in [-0.25, -0.2) is 4.57 Å². The van der Waals surface area contributed by atoms with E-state index in [1.54, 1.807) is 0 Å². The van der Waals surface area contributed by atoms with Crippen LogP contribution in [0.5, 0.6) is 0 Å². The highest BCUT2D eigenvalue weighted by molar-refractivity contribution is 7.47. The van der Waals surface area contributed by atoms with Gasteiger partial charge in [0.1, 0.15) is 12.7 Å². The second-order valence-corrected chi connectivity index (χ2v) is 20.2. The molecule has 3 atom stereocenters. The van der Waals surface area contributed by atoms with Crippen LogP contribution in [-0.4, -0.2) is 66.5 Å². The molecule has 0 spiro atoms. The molecule has 0 radical (unpaired) electrons. The van der Waals surface area contributed by atoms with Gasteiger partial charge in [0, 0.05) is 19.3 Å². The number of esters is 3. The highest BCUT2D eigenvalue weighted by atomic mass is 31.2. The second-order valence-electron chi connectivity index (χ2n) is 18.7. The summed E-state index contributed by atoms with van der Waals surface area (Å²) >= 11 is 0. The Morgan fingerprint density at radius 3 is 1.14 bits per heavy atom. The number of rotatable bonds is 52. The number of carbonyl (C=O) groups excluding carboxylic acids is 3. The van der Waals surface area contributed by atoms with Crippen molar-refractivity contribution in [2.24, 2.45) is 0 Å². The van der Waals surface area contributed by atoms with E-state index in [2.05, 4.69) is 81.5 Å². The third kappa shape index (κ3) is 50.1. The van der Waals surface area contributed by atoms with E-state index in [1.807, 2.05) is 0 Å². The maximum Gasteiger partial charge on any atom is 0.472 e. The number of hydrogen-bond acceptors (Lipinski definition) is 10. The van der Waals surface area contributed by atoms with Gasteiger partial charge in [-0.1, -0.05) is 229 Å². The zero-order valence-corrected chi connectivity index (χ0v) is 45.6. The van der Waals surface area contributed by atoms with Gasteiger partial charge in [-0.3, -0.25) is 23.4 Å². The molecule has 0 saturated heterocycles. The first-order chi connectivity index (χ1) is 34.2. The number of ether oxygens (including phenoxy) is 3. The smallest absolute Gasteiger partial charge is 0.462 e. The molecule has 0 aromatic heterocycles. The minimum atomic E-state index is -4.75. The van der Waals surface area contributed by atoms with E-state index in [-0.39, 0.29) is 25.9 Å². The molecule has 0 aromatic rings. The van der Waals surface area contributed by atoms with Crippen molar-refractivity contribution in [2.45, 2.75) is 264 Å². The lowest BCUT2D eigenvalue weighted by Gasteiger charge is -2.21. The van der Waals surface area contributed by atoms with Crippen molar-refractivity contribution in [3.8, 4) is 0 Å². The van der Waals surface area contributed by atoms with Crippen LogP contribution in [0.15, 0.2) is 60.8 Å². The van der Waals surface area contributed by atoms with Crippen molar-refractivity contribution < 1.29 is 52.2 Å². The van der Waals surface area contributed by atoms with Crippen molar-refractivity contribution in [3.63, 3.8) is 0 Å². The quantitative estimate of drug-likeness (QED) is 0.0197. The Balaban J connectivity index is 4.76. The predicted molar refractivity (Wildman–Crippen MR) is 288 cm³/mol. The van der Waals surface area contributed by atoms with Gasteiger partial charge in [-0.2, -0.15) is 0 Å². The Morgan fingerprint density at radius 1 is 0.414 bits per heavy atom. The highest BCUT2D eigenvalue weighted by Gasteiger charge is 2.28. The van der Waals surface area contributed by atoms with E-state index in [1.165, 1.54) is 103 Å². The first-order valence-corrected chi connectivity index (χ1v) is 29.7. The van der Waals surface area contributed by atoms with E-state index in [9.17, 15) is 28.9 Å². The molecule has 0 amide bonds. The average molecular weight is 1010 g/mol. The third-order valence-electron chi connectivity index (χ3n) is 12.0. The standard InChI is InChI=1S/C58H103O11P/c1-4-7-10-13-16-19-21-23-25-26-27-28-30-31-33-36-38-41-44-47-56(60)65-51-55(69-58(62)49-46-43-40-37-34-32-29-24-22-20-17-14-11-8-5-2)53-67-70(63,64)66-52-54(50-59)68-57(61)48-45-42-39-35-18-15-12-9-6-3/h7,10,16,19,23,25,27-28,31,33,54-55,59H,4-6,8-9,11-15,17-18,20-22,24,26,29-30,32,34-53H2,1-3H3,(H,63,64)/b10-7-,19-16-,25-23-,28-27-,33-31-. The minimum Gasteiger partial charge on any atom is -0.462 e. The first-order valence-electron chi connectivity index (χ1n) is 28.2. The van der Waals surface area contributed by atoms with Crippen LogP contribution in [0.1, 0.15) is 252 Å². The fourth-order valence-corrected chi connectivity index (χ4v) is 8.46. The van der Waals surface area contributed by atoms with Gasteiger partial charge < -0.3 is 24.2 Å². The molecule has 0 aliphatic rings. The molecule has 12 heteroatoms. The summed E-state index contributed by atoms with van der Waals surface area (Å²) in [6.45, 7) is 4.49. The van der Waals surface area contributed by atoms with Crippen LogP contribution < -0.4 is 0 Å². The molecule has 2 N–H and O–H groups in total. The molecule has 3 unspecified atom stereocenters. The molecular weight excluding hydrogens is 904 g/mol. The summed E-state index contributed by atoms with van der Waals surface area (Å²) in [5.74, 6) is -1.49. The van der Waals surface area contributed by atoms with Crippen molar-refractivity contribution in [1.29, 1.82) is 0 Å². The van der Waals surface area contributed by atoms with Gasteiger partial charge in [0.05, 0.1) is 19.8 Å². The van der Waals surface area contributed by atoms with Gasteiger partial charge in [0.15, 0.2) is 6.10 Å². The largest absolute Gasteiger partial charge is 0.472 e. The monoisotopic (exact) mass is 1010 g/mol. The zero-order chi connectivity index (χ0) is 51.3. The van der Waals surface area contributed by atoms with Crippen molar-refractivity contribution >= 4 is 25.7 Å². The summed E-state index contributed by atoms with van der Waals surface area (Å²) in [4.78, 5) is 48.4. The lowest BCUT2D eigenvalue weighted by molar-refractivity contribution is -0.161. The molecule has 11 nitrogen and oxygen atoms in total. The first kappa shape index (κ1) is 67.2.